The minimum Gasteiger partial charge on any atom is -0.408 e. The zero-order valence-corrected chi connectivity index (χ0v) is 16.1. The summed E-state index contributed by atoms with van der Waals surface area (Å²) >= 11 is 0. The molecule has 0 amide bonds. The van der Waals surface area contributed by atoms with E-state index < -0.39 is 0 Å². The maximum absolute atomic E-state index is 12.2. The van der Waals surface area contributed by atoms with Gasteiger partial charge in [-0.1, -0.05) is 12.1 Å². The highest BCUT2D eigenvalue weighted by Crippen LogP contribution is 2.29. The maximum atomic E-state index is 12.2. The number of aromatic nitrogens is 3. The van der Waals surface area contributed by atoms with E-state index in [9.17, 15) is 4.79 Å². The SMILES string of the molecule is O=c1oc2ccccc2n1CCN1CC[C@@H](c2ccnc(-c3ccncc3)c2)C1. The summed E-state index contributed by atoms with van der Waals surface area (Å²) in [6.45, 7) is 3.50. The zero-order valence-electron chi connectivity index (χ0n) is 16.1. The Kier molecular flexibility index (Phi) is 4.69. The molecule has 1 fully saturated rings. The van der Waals surface area contributed by atoms with Crippen LogP contribution in [-0.2, 0) is 6.54 Å². The van der Waals surface area contributed by atoms with Crippen LogP contribution in [0.15, 0.2) is 76.3 Å². The van der Waals surface area contributed by atoms with E-state index in [0.717, 1.165) is 42.8 Å². The lowest BCUT2D eigenvalue weighted by molar-refractivity contribution is 0.314. The van der Waals surface area contributed by atoms with Gasteiger partial charge in [0.15, 0.2) is 5.58 Å². The summed E-state index contributed by atoms with van der Waals surface area (Å²) in [7, 11) is 0. The molecule has 1 aliphatic rings. The predicted octanol–water partition coefficient (Wildman–Crippen LogP) is 3.54. The molecule has 29 heavy (non-hydrogen) atoms. The molecular weight excluding hydrogens is 364 g/mol. The minimum atomic E-state index is -0.280. The summed E-state index contributed by atoms with van der Waals surface area (Å²) in [5.41, 5.74) is 4.91. The molecule has 0 bridgehead atoms. The van der Waals surface area contributed by atoms with Crippen LogP contribution in [0.25, 0.3) is 22.4 Å². The summed E-state index contributed by atoms with van der Waals surface area (Å²) in [6.07, 6.45) is 6.59. The van der Waals surface area contributed by atoms with Crippen molar-refractivity contribution in [3.8, 4) is 11.3 Å². The van der Waals surface area contributed by atoms with Gasteiger partial charge >= 0.3 is 5.76 Å². The van der Waals surface area contributed by atoms with Gasteiger partial charge in [-0.2, -0.15) is 0 Å². The smallest absolute Gasteiger partial charge is 0.408 e. The molecule has 4 aromatic rings. The van der Waals surface area contributed by atoms with Gasteiger partial charge in [-0.15, -0.1) is 0 Å². The number of nitrogens with zero attached hydrogens (tertiary/aromatic N) is 4. The first-order valence-corrected chi connectivity index (χ1v) is 9.95. The predicted molar refractivity (Wildman–Crippen MR) is 112 cm³/mol. The second kappa shape index (κ2) is 7.64. The molecule has 1 saturated heterocycles. The van der Waals surface area contributed by atoms with Crippen molar-refractivity contribution in [1.29, 1.82) is 0 Å². The van der Waals surface area contributed by atoms with E-state index in [1.165, 1.54) is 5.56 Å². The van der Waals surface area contributed by atoms with Crippen LogP contribution in [0.2, 0.25) is 0 Å². The van der Waals surface area contributed by atoms with Gasteiger partial charge in [0.25, 0.3) is 0 Å². The third-order valence-electron chi connectivity index (χ3n) is 5.72. The van der Waals surface area contributed by atoms with E-state index in [4.69, 9.17) is 4.42 Å². The van der Waals surface area contributed by atoms with Crippen molar-refractivity contribution in [1.82, 2.24) is 19.4 Å². The van der Waals surface area contributed by atoms with Crippen molar-refractivity contribution in [2.24, 2.45) is 0 Å². The summed E-state index contributed by atoms with van der Waals surface area (Å²) in [6, 6.07) is 15.9. The lowest BCUT2D eigenvalue weighted by atomic mass is 9.98. The maximum Gasteiger partial charge on any atom is 0.419 e. The Labute approximate surface area is 168 Å². The fraction of sp³-hybridized carbons (Fsp3) is 0.261. The Morgan fingerprint density at radius 1 is 1.03 bits per heavy atom. The monoisotopic (exact) mass is 386 g/mol. The summed E-state index contributed by atoms with van der Waals surface area (Å²) in [5.74, 6) is 0.203. The number of likely N-dealkylation sites (tertiary alicyclic amines) is 1. The Morgan fingerprint density at radius 2 is 1.90 bits per heavy atom. The second-order valence-electron chi connectivity index (χ2n) is 7.48. The molecule has 1 aliphatic heterocycles. The molecule has 0 spiro atoms. The fourth-order valence-corrected chi connectivity index (χ4v) is 4.16. The number of para-hydroxylation sites is 2. The standard InChI is InChI=1S/C23H22N4O2/c28-23-27(21-3-1-2-4-22(21)29-23)14-13-26-12-8-19(16-26)18-7-11-25-20(15-18)17-5-9-24-10-6-17/h1-7,9-11,15,19H,8,12-14,16H2/t19-/m1/s1. The normalized spacial score (nSPS) is 17.2. The van der Waals surface area contributed by atoms with E-state index >= 15 is 0 Å². The van der Waals surface area contributed by atoms with E-state index in [-0.39, 0.29) is 5.76 Å². The molecule has 3 aromatic heterocycles. The molecule has 6 heteroatoms. The molecule has 6 nitrogen and oxygen atoms in total. The van der Waals surface area contributed by atoms with E-state index in [1.54, 1.807) is 17.0 Å². The molecule has 0 N–H and O–H groups in total. The highest BCUT2D eigenvalue weighted by molar-refractivity contribution is 5.72. The Morgan fingerprint density at radius 3 is 2.79 bits per heavy atom. The largest absolute Gasteiger partial charge is 0.419 e. The minimum absolute atomic E-state index is 0.280. The van der Waals surface area contributed by atoms with Gasteiger partial charge in [0.1, 0.15) is 0 Å². The molecular formula is C23H22N4O2. The lowest BCUT2D eigenvalue weighted by Crippen LogP contribution is -2.28. The average molecular weight is 386 g/mol. The van der Waals surface area contributed by atoms with Crippen molar-refractivity contribution >= 4 is 11.1 Å². The first-order chi connectivity index (χ1) is 14.3. The molecule has 0 saturated carbocycles. The van der Waals surface area contributed by atoms with Crippen molar-refractivity contribution in [3.05, 3.63) is 83.2 Å². The second-order valence-corrected chi connectivity index (χ2v) is 7.48. The molecule has 4 heterocycles. The Bertz CT molecular complexity index is 1180. The van der Waals surface area contributed by atoms with Crippen molar-refractivity contribution in [2.45, 2.75) is 18.9 Å². The summed E-state index contributed by atoms with van der Waals surface area (Å²) < 4.78 is 7.07. The van der Waals surface area contributed by atoms with Gasteiger partial charge in [-0.3, -0.25) is 14.5 Å². The van der Waals surface area contributed by atoms with Crippen molar-refractivity contribution in [3.63, 3.8) is 0 Å². The average Bonchev–Trinajstić information content (AvgIpc) is 3.37. The number of hydrogen-bond acceptors (Lipinski definition) is 5. The van der Waals surface area contributed by atoms with Crippen molar-refractivity contribution < 1.29 is 4.42 Å². The number of benzene rings is 1. The number of rotatable bonds is 5. The highest BCUT2D eigenvalue weighted by Gasteiger charge is 2.24. The van der Waals surface area contributed by atoms with Crippen LogP contribution >= 0.6 is 0 Å². The zero-order chi connectivity index (χ0) is 19.6. The summed E-state index contributed by atoms with van der Waals surface area (Å²) in [5, 5.41) is 0. The van der Waals surface area contributed by atoms with Crippen LogP contribution in [-0.4, -0.2) is 39.1 Å². The first-order valence-electron chi connectivity index (χ1n) is 9.95. The Balaban J connectivity index is 1.27. The van der Waals surface area contributed by atoms with Gasteiger partial charge in [0, 0.05) is 43.8 Å². The molecule has 1 aromatic carbocycles. The molecule has 0 radical (unpaired) electrons. The van der Waals surface area contributed by atoms with E-state index in [2.05, 4.69) is 27.0 Å². The number of pyridine rings is 2. The lowest BCUT2D eigenvalue weighted by Gasteiger charge is -2.16. The molecule has 146 valence electrons. The van der Waals surface area contributed by atoms with Crippen LogP contribution < -0.4 is 5.76 Å². The third-order valence-corrected chi connectivity index (χ3v) is 5.72. The van der Waals surface area contributed by atoms with Gasteiger partial charge in [0.05, 0.1) is 11.2 Å². The van der Waals surface area contributed by atoms with Crippen LogP contribution in [0.3, 0.4) is 0 Å². The van der Waals surface area contributed by atoms with Gasteiger partial charge in [-0.25, -0.2) is 4.79 Å². The fourth-order valence-electron chi connectivity index (χ4n) is 4.16. The third kappa shape index (κ3) is 3.59. The van der Waals surface area contributed by atoms with E-state index in [1.807, 2.05) is 42.6 Å². The van der Waals surface area contributed by atoms with Gasteiger partial charge in [0.2, 0.25) is 0 Å². The number of hydrogen-bond donors (Lipinski definition) is 0. The number of fused-ring (bicyclic) bond motifs is 1. The van der Waals surface area contributed by atoms with Crippen molar-refractivity contribution in [2.75, 3.05) is 19.6 Å². The van der Waals surface area contributed by atoms with Crippen LogP contribution in [0.1, 0.15) is 17.9 Å². The topological polar surface area (TPSA) is 64.2 Å². The Hall–Kier alpha value is -3.25. The van der Waals surface area contributed by atoms with Gasteiger partial charge < -0.3 is 9.32 Å². The molecule has 5 rings (SSSR count). The first kappa shape index (κ1) is 17.8. The quantitative estimate of drug-likeness (QED) is 0.525. The summed E-state index contributed by atoms with van der Waals surface area (Å²) in [4.78, 5) is 23.2. The highest BCUT2D eigenvalue weighted by atomic mass is 16.4. The van der Waals surface area contributed by atoms with Crippen LogP contribution in [0, 0.1) is 0 Å². The number of oxazole rings is 1. The molecule has 1 atom stereocenters. The van der Waals surface area contributed by atoms with Crippen LogP contribution in [0.4, 0.5) is 0 Å². The molecule has 0 unspecified atom stereocenters. The molecule has 0 aliphatic carbocycles. The van der Waals surface area contributed by atoms with Crippen LogP contribution in [0.5, 0.6) is 0 Å². The van der Waals surface area contributed by atoms with E-state index in [0.29, 0.717) is 18.0 Å². The van der Waals surface area contributed by atoms with Gasteiger partial charge in [-0.05, 0) is 60.8 Å².